The van der Waals surface area contributed by atoms with Crippen molar-refractivity contribution in [2.75, 3.05) is 11.9 Å². The maximum absolute atomic E-state index is 12.0. The number of carbonyl (C=O) groups is 1. The minimum atomic E-state index is -0.489. The van der Waals surface area contributed by atoms with E-state index in [1.165, 1.54) is 6.07 Å². The number of nitro benzene ring substituents is 1. The quantitative estimate of drug-likeness (QED) is 0.596. The highest BCUT2D eigenvalue weighted by Crippen LogP contribution is 2.26. The smallest absolute Gasteiger partial charge is 0.293 e. The van der Waals surface area contributed by atoms with Crippen molar-refractivity contribution >= 4 is 17.3 Å². The molecule has 6 heteroatoms. The van der Waals surface area contributed by atoms with Gasteiger partial charge in [-0.15, -0.1) is 0 Å². The van der Waals surface area contributed by atoms with Crippen molar-refractivity contribution in [2.45, 2.75) is 33.6 Å². The number of nitro groups is 1. The predicted octanol–water partition coefficient (Wildman–Crippen LogP) is 2.85. The molecule has 0 saturated heterocycles. The molecule has 1 amide bonds. The molecule has 1 aromatic rings. The third-order valence-corrected chi connectivity index (χ3v) is 3.24. The van der Waals surface area contributed by atoms with Crippen molar-refractivity contribution < 1.29 is 9.72 Å². The number of amides is 1. The van der Waals surface area contributed by atoms with Crippen LogP contribution in [-0.4, -0.2) is 17.4 Å². The molecular weight excluding hydrogens is 270 g/mol. The van der Waals surface area contributed by atoms with Crippen LogP contribution < -0.4 is 11.1 Å². The number of hydrogen-bond donors (Lipinski definition) is 2. The van der Waals surface area contributed by atoms with Crippen LogP contribution in [0.4, 0.5) is 11.4 Å². The standard InChI is InChI=1S/C15H23N3O3/c1-10(2)6-12(9-16)8-15(19)17-13-5-4-11(3)7-14(13)18(20)21/h4-5,7,10,12H,6,8-9,16H2,1-3H3,(H,17,19)/t12-/m0/s1. The van der Waals surface area contributed by atoms with Crippen molar-refractivity contribution in [3.8, 4) is 0 Å². The second kappa shape index (κ2) is 7.73. The first-order valence-corrected chi connectivity index (χ1v) is 7.08. The summed E-state index contributed by atoms with van der Waals surface area (Å²) in [6.45, 7) is 6.35. The van der Waals surface area contributed by atoms with Gasteiger partial charge >= 0.3 is 0 Å². The molecule has 0 unspecified atom stereocenters. The summed E-state index contributed by atoms with van der Waals surface area (Å²) in [7, 11) is 0. The molecule has 6 nitrogen and oxygen atoms in total. The van der Waals surface area contributed by atoms with Crippen LogP contribution in [0.25, 0.3) is 0 Å². The van der Waals surface area contributed by atoms with E-state index in [4.69, 9.17) is 5.73 Å². The Balaban J connectivity index is 2.77. The van der Waals surface area contributed by atoms with Gasteiger partial charge in [-0.25, -0.2) is 0 Å². The molecule has 0 aliphatic carbocycles. The van der Waals surface area contributed by atoms with Gasteiger partial charge in [-0.3, -0.25) is 14.9 Å². The Bertz CT molecular complexity index is 515. The van der Waals surface area contributed by atoms with Crippen LogP contribution in [0.15, 0.2) is 18.2 Å². The van der Waals surface area contributed by atoms with Gasteiger partial charge in [0.1, 0.15) is 5.69 Å². The van der Waals surface area contributed by atoms with E-state index in [0.717, 1.165) is 12.0 Å². The molecule has 3 N–H and O–H groups in total. The SMILES string of the molecule is Cc1ccc(NC(=O)C[C@@H](CN)CC(C)C)c([N+](=O)[O-])c1. The fourth-order valence-electron chi connectivity index (χ4n) is 2.29. The van der Waals surface area contributed by atoms with Crippen LogP contribution in [0.1, 0.15) is 32.3 Å². The number of hydrogen-bond acceptors (Lipinski definition) is 4. The van der Waals surface area contributed by atoms with Crippen LogP contribution in [0, 0.1) is 28.9 Å². The molecule has 1 aromatic carbocycles. The summed E-state index contributed by atoms with van der Waals surface area (Å²) < 4.78 is 0. The number of nitrogens with one attached hydrogen (secondary N) is 1. The number of carbonyl (C=O) groups excluding carboxylic acids is 1. The lowest BCUT2D eigenvalue weighted by atomic mass is 9.94. The zero-order valence-electron chi connectivity index (χ0n) is 12.8. The molecule has 0 aliphatic heterocycles. The molecule has 0 heterocycles. The third kappa shape index (κ3) is 5.51. The van der Waals surface area contributed by atoms with Gasteiger partial charge in [0.05, 0.1) is 4.92 Å². The first kappa shape index (κ1) is 17.1. The van der Waals surface area contributed by atoms with Crippen molar-refractivity contribution in [1.82, 2.24) is 0 Å². The van der Waals surface area contributed by atoms with Gasteiger partial charge in [0.25, 0.3) is 5.69 Å². The Morgan fingerprint density at radius 2 is 2.10 bits per heavy atom. The summed E-state index contributed by atoms with van der Waals surface area (Å²) in [5, 5.41) is 13.6. The van der Waals surface area contributed by atoms with Crippen LogP contribution in [-0.2, 0) is 4.79 Å². The third-order valence-electron chi connectivity index (χ3n) is 3.24. The van der Waals surface area contributed by atoms with Crippen LogP contribution in [0.2, 0.25) is 0 Å². The van der Waals surface area contributed by atoms with Gasteiger partial charge < -0.3 is 11.1 Å². The molecule has 1 rings (SSSR count). The summed E-state index contributed by atoms with van der Waals surface area (Å²) in [6, 6.07) is 4.74. The average molecular weight is 293 g/mol. The molecule has 0 aliphatic rings. The van der Waals surface area contributed by atoms with Crippen molar-refractivity contribution in [2.24, 2.45) is 17.6 Å². The second-order valence-electron chi connectivity index (χ2n) is 5.76. The highest BCUT2D eigenvalue weighted by atomic mass is 16.6. The molecule has 0 radical (unpaired) electrons. The molecule has 21 heavy (non-hydrogen) atoms. The summed E-state index contributed by atoms with van der Waals surface area (Å²) in [5.74, 6) is 0.313. The van der Waals surface area contributed by atoms with E-state index in [1.807, 2.05) is 0 Å². The van der Waals surface area contributed by atoms with Gasteiger partial charge in [0, 0.05) is 12.5 Å². The lowest BCUT2D eigenvalue weighted by molar-refractivity contribution is -0.384. The Morgan fingerprint density at radius 1 is 1.43 bits per heavy atom. The topological polar surface area (TPSA) is 98.3 Å². The Morgan fingerprint density at radius 3 is 2.62 bits per heavy atom. The van der Waals surface area contributed by atoms with Crippen LogP contribution in [0.5, 0.6) is 0 Å². The lowest BCUT2D eigenvalue weighted by Gasteiger charge is -2.16. The zero-order valence-corrected chi connectivity index (χ0v) is 12.8. The van der Waals surface area contributed by atoms with Gasteiger partial charge in [-0.1, -0.05) is 19.9 Å². The molecule has 0 aromatic heterocycles. The van der Waals surface area contributed by atoms with Crippen molar-refractivity contribution in [3.05, 3.63) is 33.9 Å². The molecule has 0 saturated carbocycles. The minimum absolute atomic E-state index is 0.0866. The molecular formula is C15H23N3O3. The maximum atomic E-state index is 12.0. The van der Waals surface area contributed by atoms with E-state index in [2.05, 4.69) is 19.2 Å². The molecule has 1 atom stereocenters. The predicted molar refractivity (Wildman–Crippen MR) is 83.1 cm³/mol. The normalized spacial score (nSPS) is 12.2. The van der Waals surface area contributed by atoms with Crippen LogP contribution in [0.3, 0.4) is 0 Å². The highest BCUT2D eigenvalue weighted by molar-refractivity contribution is 5.93. The molecule has 0 spiro atoms. The molecule has 116 valence electrons. The Hall–Kier alpha value is -1.95. The molecule has 0 bridgehead atoms. The first-order chi connectivity index (χ1) is 9.83. The summed E-state index contributed by atoms with van der Waals surface area (Å²) in [5.41, 5.74) is 6.60. The fraction of sp³-hybridized carbons (Fsp3) is 0.533. The summed E-state index contributed by atoms with van der Waals surface area (Å²) >= 11 is 0. The highest BCUT2D eigenvalue weighted by Gasteiger charge is 2.18. The average Bonchev–Trinajstić information content (AvgIpc) is 2.39. The van der Waals surface area contributed by atoms with Gasteiger partial charge in [-0.05, 0) is 43.4 Å². The van der Waals surface area contributed by atoms with Crippen molar-refractivity contribution in [3.63, 3.8) is 0 Å². The fourth-order valence-corrected chi connectivity index (χ4v) is 2.29. The largest absolute Gasteiger partial charge is 0.330 e. The van der Waals surface area contributed by atoms with E-state index in [9.17, 15) is 14.9 Å². The zero-order chi connectivity index (χ0) is 16.0. The summed E-state index contributed by atoms with van der Waals surface area (Å²) in [6.07, 6.45) is 1.14. The monoisotopic (exact) mass is 293 g/mol. The number of nitrogens with zero attached hydrogens (tertiary/aromatic N) is 1. The van der Waals surface area contributed by atoms with Crippen molar-refractivity contribution in [1.29, 1.82) is 0 Å². The number of benzene rings is 1. The second-order valence-corrected chi connectivity index (χ2v) is 5.76. The van der Waals surface area contributed by atoms with E-state index in [1.54, 1.807) is 19.1 Å². The number of aryl methyl sites for hydroxylation is 1. The maximum Gasteiger partial charge on any atom is 0.293 e. The lowest BCUT2D eigenvalue weighted by Crippen LogP contribution is -2.23. The van der Waals surface area contributed by atoms with E-state index in [0.29, 0.717) is 12.5 Å². The van der Waals surface area contributed by atoms with Crippen LogP contribution >= 0.6 is 0 Å². The summed E-state index contributed by atoms with van der Waals surface area (Å²) in [4.78, 5) is 22.6. The number of anilines is 1. The van der Waals surface area contributed by atoms with Gasteiger partial charge in [-0.2, -0.15) is 0 Å². The Labute approximate surface area is 124 Å². The Kier molecular flexibility index (Phi) is 6.30. The van der Waals surface area contributed by atoms with E-state index >= 15 is 0 Å². The number of rotatable bonds is 7. The molecule has 0 fully saturated rings. The van der Waals surface area contributed by atoms with E-state index < -0.39 is 4.92 Å². The number of nitrogens with two attached hydrogens (primary N) is 1. The van der Waals surface area contributed by atoms with E-state index in [-0.39, 0.29) is 29.6 Å². The van der Waals surface area contributed by atoms with Gasteiger partial charge in [0.15, 0.2) is 0 Å². The first-order valence-electron chi connectivity index (χ1n) is 7.08. The van der Waals surface area contributed by atoms with Gasteiger partial charge in [0.2, 0.25) is 5.91 Å². The minimum Gasteiger partial charge on any atom is -0.330 e.